The Morgan fingerprint density at radius 1 is 1.32 bits per heavy atom. The number of ether oxygens (including phenoxy) is 1. The van der Waals surface area contributed by atoms with Crippen LogP contribution in [0.2, 0.25) is 0 Å². The van der Waals surface area contributed by atoms with Crippen LogP contribution >= 0.6 is 0 Å². The SMILES string of the molecule is Cc1ccc(C(N)=NO)c(Oc2cccnc2C)n1. The Morgan fingerprint density at radius 2 is 2.11 bits per heavy atom. The maximum atomic E-state index is 8.77. The zero-order chi connectivity index (χ0) is 13.8. The Labute approximate surface area is 110 Å². The van der Waals surface area contributed by atoms with E-state index in [-0.39, 0.29) is 11.7 Å². The van der Waals surface area contributed by atoms with Crippen molar-refractivity contribution < 1.29 is 9.94 Å². The van der Waals surface area contributed by atoms with Crippen molar-refractivity contribution in [2.24, 2.45) is 10.9 Å². The largest absolute Gasteiger partial charge is 0.436 e. The summed E-state index contributed by atoms with van der Waals surface area (Å²) in [6.45, 7) is 3.66. The summed E-state index contributed by atoms with van der Waals surface area (Å²) in [5.41, 5.74) is 7.53. The number of hydrogen-bond acceptors (Lipinski definition) is 5. The van der Waals surface area contributed by atoms with Crippen molar-refractivity contribution in [2.45, 2.75) is 13.8 Å². The third-order valence-electron chi connectivity index (χ3n) is 2.55. The molecule has 0 saturated carbocycles. The molecule has 0 saturated heterocycles. The predicted octanol–water partition coefficient (Wildman–Crippen LogP) is 1.98. The van der Waals surface area contributed by atoms with Crippen LogP contribution in [0, 0.1) is 13.8 Å². The number of pyridine rings is 2. The van der Waals surface area contributed by atoms with Gasteiger partial charge in [-0.05, 0) is 38.1 Å². The molecule has 0 aliphatic carbocycles. The molecule has 0 aliphatic heterocycles. The van der Waals surface area contributed by atoms with E-state index in [1.54, 1.807) is 30.5 Å². The summed E-state index contributed by atoms with van der Waals surface area (Å²) >= 11 is 0. The van der Waals surface area contributed by atoms with E-state index in [4.69, 9.17) is 15.7 Å². The average Bonchev–Trinajstić information content (AvgIpc) is 2.41. The minimum absolute atomic E-state index is 0.0518. The van der Waals surface area contributed by atoms with Crippen molar-refractivity contribution in [3.63, 3.8) is 0 Å². The number of oxime groups is 1. The van der Waals surface area contributed by atoms with Crippen molar-refractivity contribution in [3.8, 4) is 11.6 Å². The summed E-state index contributed by atoms with van der Waals surface area (Å²) in [4.78, 5) is 8.39. The second-order valence-corrected chi connectivity index (χ2v) is 3.98. The number of aryl methyl sites for hydroxylation is 2. The van der Waals surface area contributed by atoms with Crippen LogP contribution in [0.25, 0.3) is 0 Å². The third kappa shape index (κ3) is 2.79. The fraction of sp³-hybridized carbons (Fsp3) is 0.154. The van der Waals surface area contributed by atoms with Gasteiger partial charge in [-0.3, -0.25) is 4.98 Å². The molecule has 0 aliphatic rings. The van der Waals surface area contributed by atoms with E-state index >= 15 is 0 Å². The van der Waals surface area contributed by atoms with Crippen LogP contribution in [0.15, 0.2) is 35.6 Å². The van der Waals surface area contributed by atoms with E-state index in [0.29, 0.717) is 11.3 Å². The van der Waals surface area contributed by atoms with E-state index in [2.05, 4.69) is 15.1 Å². The quantitative estimate of drug-likeness (QED) is 0.380. The molecule has 0 atom stereocenters. The number of amidine groups is 1. The van der Waals surface area contributed by atoms with Crippen molar-refractivity contribution in [3.05, 3.63) is 47.4 Å². The van der Waals surface area contributed by atoms with Gasteiger partial charge in [0.15, 0.2) is 11.6 Å². The maximum Gasteiger partial charge on any atom is 0.230 e. The first-order valence-electron chi connectivity index (χ1n) is 5.67. The lowest BCUT2D eigenvalue weighted by atomic mass is 10.2. The summed E-state index contributed by atoms with van der Waals surface area (Å²) in [6, 6.07) is 7.00. The molecular weight excluding hydrogens is 244 g/mol. The Hall–Kier alpha value is -2.63. The van der Waals surface area contributed by atoms with Gasteiger partial charge in [0, 0.05) is 11.9 Å². The number of hydrogen-bond donors (Lipinski definition) is 2. The molecule has 2 aromatic rings. The van der Waals surface area contributed by atoms with Crippen LogP contribution in [0.1, 0.15) is 17.0 Å². The summed E-state index contributed by atoms with van der Waals surface area (Å²) in [5.74, 6) is 0.808. The van der Waals surface area contributed by atoms with E-state index in [1.165, 1.54) is 0 Å². The van der Waals surface area contributed by atoms with Crippen molar-refractivity contribution >= 4 is 5.84 Å². The van der Waals surface area contributed by atoms with Crippen molar-refractivity contribution in [1.82, 2.24) is 9.97 Å². The van der Waals surface area contributed by atoms with Gasteiger partial charge in [-0.15, -0.1) is 0 Å². The van der Waals surface area contributed by atoms with Gasteiger partial charge in [-0.25, -0.2) is 4.98 Å². The Bertz CT molecular complexity index is 626. The van der Waals surface area contributed by atoms with E-state index in [9.17, 15) is 0 Å². The van der Waals surface area contributed by atoms with Crippen LogP contribution in [-0.2, 0) is 0 Å². The Kier molecular flexibility index (Phi) is 3.61. The van der Waals surface area contributed by atoms with Gasteiger partial charge < -0.3 is 15.7 Å². The van der Waals surface area contributed by atoms with Gasteiger partial charge >= 0.3 is 0 Å². The predicted molar refractivity (Wildman–Crippen MR) is 70.5 cm³/mol. The van der Waals surface area contributed by atoms with Crippen LogP contribution in [0.3, 0.4) is 0 Å². The van der Waals surface area contributed by atoms with Gasteiger partial charge in [0.2, 0.25) is 5.88 Å². The molecule has 98 valence electrons. The zero-order valence-electron chi connectivity index (χ0n) is 10.7. The molecule has 0 fully saturated rings. The van der Waals surface area contributed by atoms with Crippen molar-refractivity contribution in [1.29, 1.82) is 0 Å². The molecule has 2 heterocycles. The van der Waals surface area contributed by atoms with E-state index in [0.717, 1.165) is 11.4 Å². The molecule has 0 radical (unpaired) electrons. The topological polar surface area (TPSA) is 93.6 Å². The first-order chi connectivity index (χ1) is 9.11. The van der Waals surface area contributed by atoms with Crippen LogP contribution < -0.4 is 10.5 Å². The third-order valence-corrected chi connectivity index (χ3v) is 2.55. The van der Waals surface area contributed by atoms with Crippen molar-refractivity contribution in [2.75, 3.05) is 0 Å². The Morgan fingerprint density at radius 3 is 2.79 bits per heavy atom. The molecule has 2 rings (SSSR count). The second kappa shape index (κ2) is 5.34. The lowest BCUT2D eigenvalue weighted by molar-refractivity contribution is 0.318. The van der Waals surface area contributed by atoms with Crippen LogP contribution in [0.5, 0.6) is 11.6 Å². The first kappa shape index (κ1) is 12.8. The van der Waals surface area contributed by atoms with Gasteiger partial charge in [0.25, 0.3) is 0 Å². The van der Waals surface area contributed by atoms with Gasteiger partial charge in [0.1, 0.15) is 0 Å². The van der Waals surface area contributed by atoms with Crippen LogP contribution in [0.4, 0.5) is 0 Å². The summed E-state index contributed by atoms with van der Waals surface area (Å²) in [7, 11) is 0. The lowest BCUT2D eigenvalue weighted by Gasteiger charge is -2.11. The molecule has 0 amide bonds. The molecule has 0 unspecified atom stereocenters. The fourth-order valence-corrected chi connectivity index (χ4v) is 1.54. The van der Waals surface area contributed by atoms with E-state index < -0.39 is 0 Å². The summed E-state index contributed by atoms with van der Waals surface area (Å²) in [6.07, 6.45) is 1.68. The molecular formula is C13H14N4O2. The van der Waals surface area contributed by atoms with E-state index in [1.807, 2.05) is 13.8 Å². The summed E-state index contributed by atoms with van der Waals surface area (Å²) in [5, 5.41) is 11.7. The molecule has 3 N–H and O–H groups in total. The lowest BCUT2D eigenvalue weighted by Crippen LogP contribution is -2.15. The smallest absolute Gasteiger partial charge is 0.230 e. The highest BCUT2D eigenvalue weighted by Crippen LogP contribution is 2.25. The minimum atomic E-state index is -0.0518. The standard InChI is InChI=1S/C13H14N4O2/c1-8-5-6-10(12(14)17-18)13(16-8)19-11-4-3-7-15-9(11)2/h3-7,18H,1-2H3,(H2,14,17). The number of nitrogens with zero attached hydrogens (tertiary/aromatic N) is 3. The fourth-order valence-electron chi connectivity index (χ4n) is 1.54. The zero-order valence-corrected chi connectivity index (χ0v) is 10.7. The average molecular weight is 258 g/mol. The number of nitrogens with two attached hydrogens (primary N) is 1. The normalized spacial score (nSPS) is 11.4. The molecule has 19 heavy (non-hydrogen) atoms. The van der Waals surface area contributed by atoms with Crippen LogP contribution in [-0.4, -0.2) is 21.0 Å². The molecule has 0 spiro atoms. The molecule has 0 aromatic carbocycles. The first-order valence-corrected chi connectivity index (χ1v) is 5.67. The highest BCUT2D eigenvalue weighted by molar-refractivity contribution is 5.99. The second-order valence-electron chi connectivity index (χ2n) is 3.98. The van der Waals surface area contributed by atoms with Gasteiger partial charge in [-0.2, -0.15) is 0 Å². The molecule has 6 nitrogen and oxygen atoms in total. The molecule has 2 aromatic heterocycles. The summed E-state index contributed by atoms with van der Waals surface area (Å²) < 4.78 is 5.70. The molecule has 0 bridgehead atoms. The highest BCUT2D eigenvalue weighted by Gasteiger charge is 2.12. The van der Waals surface area contributed by atoms with Gasteiger partial charge in [0.05, 0.1) is 11.3 Å². The maximum absolute atomic E-state index is 8.77. The highest BCUT2D eigenvalue weighted by atomic mass is 16.5. The van der Waals surface area contributed by atoms with Gasteiger partial charge in [-0.1, -0.05) is 5.16 Å². The monoisotopic (exact) mass is 258 g/mol. The minimum Gasteiger partial charge on any atom is -0.436 e. The molecule has 6 heteroatoms. The number of rotatable bonds is 3. The number of aromatic nitrogens is 2. The Balaban J connectivity index is 2.44.